The first-order chi connectivity index (χ1) is 9.98. The first-order valence-corrected chi connectivity index (χ1v) is 9.74. The van der Waals surface area contributed by atoms with Gasteiger partial charge in [-0.2, -0.15) is 15.6 Å². The maximum atomic E-state index is 12.9. The molecule has 0 unspecified atom stereocenters. The third kappa shape index (κ3) is 3.15. The third-order valence-electron chi connectivity index (χ3n) is 3.42. The number of nitrogens with two attached hydrogens (primary N) is 1. The summed E-state index contributed by atoms with van der Waals surface area (Å²) in [5, 5.41) is 3.95. The summed E-state index contributed by atoms with van der Waals surface area (Å²) < 4.78 is 28.0. The summed E-state index contributed by atoms with van der Waals surface area (Å²) in [4.78, 5) is 0.277. The highest BCUT2D eigenvalue weighted by molar-refractivity contribution is 9.10. The second-order valence-corrected chi connectivity index (χ2v) is 8.60. The van der Waals surface area contributed by atoms with E-state index in [1.807, 2.05) is 16.8 Å². The molecule has 1 aromatic carbocycles. The standard InChI is InChI=1S/C14H15BrN2O2S2/c15-13-7-11(16)1-4-14(13)21(18,19)17(12-2-3-12)8-10-5-6-20-9-10/h1,4-7,9,12H,2-3,8,16H2. The first kappa shape index (κ1) is 15.0. The quantitative estimate of drug-likeness (QED) is 0.800. The fraction of sp³-hybridized carbons (Fsp3) is 0.286. The Balaban J connectivity index is 1.97. The Hall–Kier alpha value is -0.890. The second-order valence-electron chi connectivity index (χ2n) is 5.10. The molecule has 3 rings (SSSR count). The van der Waals surface area contributed by atoms with E-state index in [2.05, 4.69) is 15.9 Å². The van der Waals surface area contributed by atoms with Crippen molar-refractivity contribution < 1.29 is 8.42 Å². The van der Waals surface area contributed by atoms with Gasteiger partial charge >= 0.3 is 0 Å². The Morgan fingerprint density at radius 3 is 2.67 bits per heavy atom. The molecule has 0 radical (unpaired) electrons. The molecule has 0 amide bonds. The van der Waals surface area contributed by atoms with E-state index in [0.717, 1.165) is 18.4 Å². The fourth-order valence-electron chi connectivity index (χ4n) is 2.19. The Kier molecular flexibility index (Phi) is 4.09. The van der Waals surface area contributed by atoms with Crippen LogP contribution in [0.4, 0.5) is 5.69 Å². The summed E-state index contributed by atoms with van der Waals surface area (Å²) in [5.74, 6) is 0. The van der Waals surface area contributed by atoms with Gasteiger partial charge in [-0.1, -0.05) is 0 Å². The lowest BCUT2D eigenvalue weighted by Crippen LogP contribution is -2.32. The van der Waals surface area contributed by atoms with Gasteiger partial charge in [-0.15, -0.1) is 0 Å². The molecule has 2 N–H and O–H groups in total. The summed E-state index contributed by atoms with van der Waals surface area (Å²) in [6.45, 7) is 0.424. The van der Waals surface area contributed by atoms with Crippen molar-refractivity contribution in [2.75, 3.05) is 5.73 Å². The van der Waals surface area contributed by atoms with Gasteiger partial charge in [0, 0.05) is 22.7 Å². The second kappa shape index (κ2) is 5.72. The van der Waals surface area contributed by atoms with Crippen molar-refractivity contribution in [1.29, 1.82) is 0 Å². The molecule has 1 heterocycles. The maximum absolute atomic E-state index is 12.9. The minimum absolute atomic E-state index is 0.111. The molecule has 4 nitrogen and oxygen atoms in total. The summed E-state index contributed by atoms with van der Waals surface area (Å²) >= 11 is 4.89. The molecule has 21 heavy (non-hydrogen) atoms. The lowest BCUT2D eigenvalue weighted by Gasteiger charge is -2.22. The molecular weight excluding hydrogens is 372 g/mol. The number of hydrogen-bond donors (Lipinski definition) is 1. The largest absolute Gasteiger partial charge is 0.399 e. The van der Waals surface area contributed by atoms with Crippen molar-refractivity contribution in [1.82, 2.24) is 4.31 Å². The zero-order chi connectivity index (χ0) is 15.0. The molecular formula is C14H15BrN2O2S2. The molecule has 1 fully saturated rings. The first-order valence-electron chi connectivity index (χ1n) is 6.56. The summed E-state index contributed by atoms with van der Waals surface area (Å²) in [6.07, 6.45) is 1.85. The summed E-state index contributed by atoms with van der Waals surface area (Å²) in [5.41, 5.74) is 7.26. The van der Waals surface area contributed by atoms with Crippen molar-refractivity contribution in [2.24, 2.45) is 0 Å². The van der Waals surface area contributed by atoms with Crippen molar-refractivity contribution in [3.63, 3.8) is 0 Å². The molecule has 1 aromatic heterocycles. The van der Waals surface area contributed by atoms with E-state index in [1.54, 1.807) is 33.8 Å². The van der Waals surface area contributed by atoms with Gasteiger partial charge in [0.05, 0.1) is 4.90 Å². The fourth-order valence-corrected chi connectivity index (χ4v) is 5.58. The smallest absolute Gasteiger partial charge is 0.244 e. The van der Waals surface area contributed by atoms with E-state index in [-0.39, 0.29) is 10.9 Å². The molecule has 0 aliphatic heterocycles. The summed E-state index contributed by atoms with van der Waals surface area (Å²) in [6, 6.07) is 6.89. The van der Waals surface area contributed by atoms with Gasteiger partial charge in [-0.25, -0.2) is 8.42 Å². The maximum Gasteiger partial charge on any atom is 0.244 e. The SMILES string of the molecule is Nc1ccc(S(=O)(=O)N(Cc2ccsc2)C2CC2)c(Br)c1. The van der Waals surface area contributed by atoms with Gasteiger partial charge in [0.15, 0.2) is 0 Å². The topological polar surface area (TPSA) is 63.4 Å². The van der Waals surface area contributed by atoms with Crippen molar-refractivity contribution in [2.45, 2.75) is 30.3 Å². The molecule has 1 aliphatic rings. The highest BCUT2D eigenvalue weighted by Crippen LogP contribution is 2.36. The van der Waals surface area contributed by atoms with Crippen LogP contribution in [0.1, 0.15) is 18.4 Å². The number of nitrogens with zero attached hydrogens (tertiary/aromatic N) is 1. The Labute approximate surface area is 136 Å². The lowest BCUT2D eigenvalue weighted by atomic mass is 10.3. The van der Waals surface area contributed by atoms with E-state index in [1.165, 1.54) is 0 Å². The highest BCUT2D eigenvalue weighted by Gasteiger charge is 2.38. The molecule has 7 heteroatoms. The van der Waals surface area contributed by atoms with Gasteiger partial charge in [-0.3, -0.25) is 0 Å². The van der Waals surface area contributed by atoms with Crippen LogP contribution in [-0.4, -0.2) is 18.8 Å². The minimum atomic E-state index is -3.53. The molecule has 112 valence electrons. The zero-order valence-electron chi connectivity index (χ0n) is 11.2. The van der Waals surface area contributed by atoms with Gasteiger partial charge in [0.25, 0.3) is 0 Å². The van der Waals surface area contributed by atoms with Crippen LogP contribution in [0.3, 0.4) is 0 Å². The van der Waals surface area contributed by atoms with Gasteiger partial charge in [0.1, 0.15) is 0 Å². The van der Waals surface area contributed by atoms with Crippen molar-refractivity contribution in [3.05, 3.63) is 45.1 Å². The number of hydrogen-bond acceptors (Lipinski definition) is 4. The third-order valence-corrected chi connectivity index (χ3v) is 7.02. The van der Waals surface area contributed by atoms with Crippen LogP contribution in [0, 0.1) is 0 Å². The molecule has 0 atom stereocenters. The molecule has 1 saturated carbocycles. The van der Waals surface area contributed by atoms with Gasteiger partial charge < -0.3 is 5.73 Å². The van der Waals surface area contributed by atoms with Crippen LogP contribution in [0.25, 0.3) is 0 Å². The highest BCUT2D eigenvalue weighted by atomic mass is 79.9. The van der Waals surface area contributed by atoms with Crippen LogP contribution < -0.4 is 5.73 Å². The van der Waals surface area contributed by atoms with E-state index in [0.29, 0.717) is 16.7 Å². The number of thiophene rings is 1. The van der Waals surface area contributed by atoms with Crippen molar-refractivity contribution in [3.8, 4) is 0 Å². The predicted molar refractivity (Wildman–Crippen MR) is 88.6 cm³/mol. The normalized spacial score (nSPS) is 15.5. The van der Waals surface area contributed by atoms with Crippen LogP contribution >= 0.6 is 27.3 Å². The molecule has 0 saturated heterocycles. The number of benzene rings is 1. The predicted octanol–water partition coefficient (Wildman–Crippen LogP) is 3.45. The molecule has 1 aliphatic carbocycles. The van der Waals surface area contributed by atoms with E-state index in [9.17, 15) is 8.42 Å². The number of sulfonamides is 1. The Morgan fingerprint density at radius 1 is 1.33 bits per heavy atom. The van der Waals surface area contributed by atoms with Crippen LogP contribution in [0.2, 0.25) is 0 Å². The molecule has 0 bridgehead atoms. The van der Waals surface area contributed by atoms with Crippen LogP contribution in [-0.2, 0) is 16.6 Å². The van der Waals surface area contributed by atoms with Gasteiger partial charge in [0.2, 0.25) is 10.0 Å². The minimum Gasteiger partial charge on any atom is -0.399 e. The zero-order valence-corrected chi connectivity index (χ0v) is 14.4. The van der Waals surface area contributed by atoms with Crippen LogP contribution in [0.5, 0.6) is 0 Å². The van der Waals surface area contributed by atoms with Crippen LogP contribution in [0.15, 0.2) is 44.4 Å². The molecule has 0 spiro atoms. The molecule has 2 aromatic rings. The lowest BCUT2D eigenvalue weighted by molar-refractivity contribution is 0.399. The van der Waals surface area contributed by atoms with E-state index in [4.69, 9.17) is 5.73 Å². The Morgan fingerprint density at radius 2 is 2.10 bits per heavy atom. The number of rotatable bonds is 5. The number of halogens is 1. The van der Waals surface area contributed by atoms with E-state index < -0.39 is 10.0 Å². The average molecular weight is 387 g/mol. The van der Waals surface area contributed by atoms with Crippen molar-refractivity contribution >= 4 is 43.0 Å². The van der Waals surface area contributed by atoms with E-state index >= 15 is 0 Å². The number of nitrogen functional groups attached to an aromatic ring is 1. The number of anilines is 1. The Bertz CT molecular complexity index is 740. The summed E-state index contributed by atoms with van der Waals surface area (Å²) in [7, 11) is -3.53. The average Bonchev–Trinajstić information content (AvgIpc) is 3.11. The monoisotopic (exact) mass is 386 g/mol. The van der Waals surface area contributed by atoms with Gasteiger partial charge in [-0.05, 0) is 69.4 Å².